The van der Waals surface area contributed by atoms with Gasteiger partial charge in [0.05, 0.1) is 30.7 Å². The number of halogens is 1. The molecule has 1 heterocycles. The number of nitrogens with zero attached hydrogens (tertiary/aromatic N) is 2. The molecule has 0 aliphatic carbocycles. The van der Waals surface area contributed by atoms with Crippen molar-refractivity contribution < 1.29 is 9.53 Å². The number of nitriles is 1. The van der Waals surface area contributed by atoms with Crippen molar-refractivity contribution >= 4 is 28.9 Å². The smallest absolute Gasteiger partial charge is 0.238 e. The van der Waals surface area contributed by atoms with Gasteiger partial charge in [-0.2, -0.15) is 5.26 Å². The predicted octanol–water partition coefficient (Wildman–Crippen LogP) is 2.03. The minimum absolute atomic E-state index is 0.172. The number of carbonyl (C=O) groups excluding carboxylic acids is 1. The van der Waals surface area contributed by atoms with Crippen LogP contribution in [-0.2, 0) is 9.53 Å². The lowest BCUT2D eigenvalue weighted by molar-refractivity contribution is -0.115. The van der Waals surface area contributed by atoms with Gasteiger partial charge >= 0.3 is 0 Å². The first-order valence-corrected chi connectivity index (χ1v) is 6.37. The maximum absolute atomic E-state index is 11.5. The Kier molecular flexibility index (Phi) is 4.61. The number of benzene rings is 1. The van der Waals surface area contributed by atoms with Crippen LogP contribution in [0.1, 0.15) is 6.42 Å². The minimum Gasteiger partial charge on any atom is -0.378 e. The van der Waals surface area contributed by atoms with Crippen molar-refractivity contribution in [2.75, 3.05) is 36.5 Å². The standard InChI is InChI=1S/C13H14ClN3O2/c14-10-1-2-12(17-5-7-19-8-6-17)11(9-10)16-13(18)3-4-15/h1-2,9H,3,5-8H2,(H,16,18). The molecular formula is C13H14ClN3O2. The summed E-state index contributed by atoms with van der Waals surface area (Å²) in [4.78, 5) is 13.7. The second kappa shape index (κ2) is 6.41. The highest BCUT2D eigenvalue weighted by Crippen LogP contribution is 2.29. The molecule has 0 unspecified atom stereocenters. The molecule has 1 N–H and O–H groups in total. The Labute approximate surface area is 116 Å². The fourth-order valence-electron chi connectivity index (χ4n) is 1.95. The van der Waals surface area contributed by atoms with E-state index in [1.807, 2.05) is 12.1 Å². The van der Waals surface area contributed by atoms with E-state index in [-0.39, 0.29) is 12.3 Å². The molecule has 0 spiro atoms. The molecule has 1 fully saturated rings. The molecule has 0 atom stereocenters. The van der Waals surface area contributed by atoms with E-state index in [1.165, 1.54) is 0 Å². The van der Waals surface area contributed by atoms with Crippen LogP contribution in [0.4, 0.5) is 11.4 Å². The monoisotopic (exact) mass is 279 g/mol. The Hall–Kier alpha value is -1.77. The van der Waals surface area contributed by atoms with Crippen molar-refractivity contribution in [1.29, 1.82) is 5.26 Å². The van der Waals surface area contributed by atoms with Gasteiger partial charge in [-0.05, 0) is 18.2 Å². The van der Waals surface area contributed by atoms with E-state index in [2.05, 4.69) is 10.2 Å². The average molecular weight is 280 g/mol. The Morgan fingerprint density at radius 3 is 2.89 bits per heavy atom. The van der Waals surface area contributed by atoms with E-state index in [1.54, 1.807) is 12.1 Å². The van der Waals surface area contributed by atoms with Crippen LogP contribution < -0.4 is 10.2 Å². The summed E-state index contributed by atoms with van der Waals surface area (Å²) in [7, 11) is 0. The molecule has 1 aromatic rings. The zero-order chi connectivity index (χ0) is 13.7. The van der Waals surface area contributed by atoms with Crippen LogP contribution >= 0.6 is 11.6 Å². The number of ether oxygens (including phenoxy) is 1. The normalized spacial score (nSPS) is 14.8. The van der Waals surface area contributed by atoms with Crippen LogP contribution in [0, 0.1) is 11.3 Å². The zero-order valence-electron chi connectivity index (χ0n) is 10.4. The predicted molar refractivity (Wildman–Crippen MR) is 73.3 cm³/mol. The molecular weight excluding hydrogens is 266 g/mol. The Bertz CT molecular complexity index is 507. The van der Waals surface area contributed by atoms with Crippen molar-refractivity contribution in [3.05, 3.63) is 23.2 Å². The summed E-state index contributed by atoms with van der Waals surface area (Å²) < 4.78 is 5.31. The Balaban J connectivity index is 2.22. The summed E-state index contributed by atoms with van der Waals surface area (Å²) in [6.45, 7) is 2.86. The number of amides is 1. The van der Waals surface area contributed by atoms with Gasteiger partial charge in [0.2, 0.25) is 5.91 Å². The molecule has 2 rings (SSSR count). The van der Waals surface area contributed by atoms with Crippen LogP contribution in [0.2, 0.25) is 5.02 Å². The molecule has 0 aromatic heterocycles. The highest BCUT2D eigenvalue weighted by molar-refractivity contribution is 6.31. The van der Waals surface area contributed by atoms with E-state index in [0.717, 1.165) is 18.8 Å². The second-order valence-corrected chi connectivity index (χ2v) is 4.58. The van der Waals surface area contributed by atoms with Crippen molar-refractivity contribution in [3.8, 4) is 6.07 Å². The van der Waals surface area contributed by atoms with Gasteiger partial charge < -0.3 is 15.0 Å². The summed E-state index contributed by atoms with van der Waals surface area (Å²) >= 11 is 5.96. The first-order chi connectivity index (χ1) is 9.20. The van der Waals surface area contributed by atoms with Gasteiger partial charge in [-0.15, -0.1) is 0 Å². The molecule has 5 nitrogen and oxygen atoms in total. The maximum atomic E-state index is 11.5. The second-order valence-electron chi connectivity index (χ2n) is 4.14. The van der Waals surface area contributed by atoms with Crippen molar-refractivity contribution in [3.63, 3.8) is 0 Å². The molecule has 6 heteroatoms. The maximum Gasteiger partial charge on any atom is 0.238 e. The number of nitrogens with one attached hydrogen (secondary N) is 1. The van der Waals surface area contributed by atoms with Crippen molar-refractivity contribution in [2.24, 2.45) is 0 Å². The Morgan fingerprint density at radius 2 is 2.21 bits per heavy atom. The van der Waals surface area contributed by atoms with Crippen LogP contribution in [-0.4, -0.2) is 32.2 Å². The lowest BCUT2D eigenvalue weighted by atomic mass is 10.2. The number of anilines is 2. The molecule has 1 aliphatic heterocycles. The van der Waals surface area contributed by atoms with Gasteiger partial charge in [-0.3, -0.25) is 4.79 Å². The molecule has 19 heavy (non-hydrogen) atoms. The van der Waals surface area contributed by atoms with Crippen LogP contribution in [0.3, 0.4) is 0 Å². The first-order valence-electron chi connectivity index (χ1n) is 6.00. The summed E-state index contributed by atoms with van der Waals surface area (Å²) in [6, 6.07) is 7.17. The van der Waals surface area contributed by atoms with E-state index in [4.69, 9.17) is 21.6 Å². The van der Waals surface area contributed by atoms with Gasteiger partial charge in [0.1, 0.15) is 6.42 Å². The summed E-state index contributed by atoms with van der Waals surface area (Å²) in [5.74, 6) is -0.334. The van der Waals surface area contributed by atoms with Crippen LogP contribution in [0.15, 0.2) is 18.2 Å². The van der Waals surface area contributed by atoms with E-state index < -0.39 is 0 Å². The van der Waals surface area contributed by atoms with Crippen LogP contribution in [0.25, 0.3) is 0 Å². The molecule has 1 saturated heterocycles. The lowest BCUT2D eigenvalue weighted by Gasteiger charge is -2.30. The van der Waals surface area contributed by atoms with Crippen LogP contribution in [0.5, 0.6) is 0 Å². The van der Waals surface area contributed by atoms with Gasteiger partial charge in [-0.25, -0.2) is 0 Å². The molecule has 100 valence electrons. The topological polar surface area (TPSA) is 65.4 Å². The summed E-state index contributed by atoms with van der Waals surface area (Å²) in [6.07, 6.45) is -0.172. The number of morpholine rings is 1. The highest BCUT2D eigenvalue weighted by atomic mass is 35.5. The summed E-state index contributed by atoms with van der Waals surface area (Å²) in [5.41, 5.74) is 1.54. The first kappa shape index (κ1) is 13.7. The SMILES string of the molecule is N#CCC(=O)Nc1cc(Cl)ccc1N1CCOCC1. The largest absolute Gasteiger partial charge is 0.378 e. The molecule has 0 bridgehead atoms. The highest BCUT2D eigenvalue weighted by Gasteiger charge is 2.16. The molecule has 0 radical (unpaired) electrons. The Morgan fingerprint density at radius 1 is 1.47 bits per heavy atom. The molecule has 1 aliphatic rings. The quantitative estimate of drug-likeness (QED) is 0.919. The lowest BCUT2D eigenvalue weighted by Crippen LogP contribution is -2.36. The minimum atomic E-state index is -0.334. The average Bonchev–Trinajstić information content (AvgIpc) is 2.40. The molecule has 1 amide bonds. The van der Waals surface area contributed by atoms with Crippen molar-refractivity contribution in [2.45, 2.75) is 6.42 Å². The zero-order valence-corrected chi connectivity index (χ0v) is 11.1. The fraction of sp³-hybridized carbons (Fsp3) is 0.385. The van der Waals surface area contributed by atoms with E-state index in [9.17, 15) is 4.79 Å². The van der Waals surface area contributed by atoms with E-state index in [0.29, 0.717) is 23.9 Å². The van der Waals surface area contributed by atoms with Gasteiger partial charge in [0.25, 0.3) is 0 Å². The third kappa shape index (κ3) is 3.60. The number of rotatable bonds is 3. The molecule has 1 aromatic carbocycles. The van der Waals surface area contributed by atoms with E-state index >= 15 is 0 Å². The summed E-state index contributed by atoms with van der Waals surface area (Å²) in [5, 5.41) is 11.8. The van der Waals surface area contributed by atoms with Gasteiger partial charge in [0.15, 0.2) is 0 Å². The third-order valence-electron chi connectivity index (χ3n) is 2.82. The van der Waals surface area contributed by atoms with Crippen molar-refractivity contribution in [1.82, 2.24) is 0 Å². The molecule has 0 saturated carbocycles. The fourth-order valence-corrected chi connectivity index (χ4v) is 2.13. The van der Waals surface area contributed by atoms with Gasteiger partial charge in [0, 0.05) is 18.1 Å². The number of hydrogen-bond donors (Lipinski definition) is 1. The third-order valence-corrected chi connectivity index (χ3v) is 3.06. The number of hydrogen-bond acceptors (Lipinski definition) is 4. The van der Waals surface area contributed by atoms with Gasteiger partial charge in [-0.1, -0.05) is 11.6 Å². The number of carbonyl (C=O) groups is 1.